The number of fused-ring (bicyclic) bond motifs is 4. The number of nitrogens with zero attached hydrogens (tertiary/aromatic N) is 3. The molecule has 363 valence electrons. The molecule has 9 heteroatoms. The molecule has 0 aliphatic rings. The van der Waals surface area contributed by atoms with Crippen LogP contribution < -0.4 is 5.19 Å². The van der Waals surface area contributed by atoms with Crippen LogP contribution in [0.25, 0.3) is 83.6 Å². The smallest absolute Gasteiger partial charge is 0.393 e. The van der Waals surface area contributed by atoms with Crippen LogP contribution in [-0.2, 0) is 26.5 Å². The van der Waals surface area contributed by atoms with Crippen molar-refractivity contribution in [2.45, 2.75) is 85.6 Å². The SMILES string of the molecule is CC(C)c1cc(-c2ccc([Si](C)(C)C)cc2)cc(C(C)C)c1-n1c(-c2[c-]ccc3c2oc2cc(-c4ccccc4)ccc23)nc2ccccc21.[2H]C([2H])(c1c[c-]c(-c2ccccn2)cc1)C(C)(C)C(F)(F)F.[Ir]. The van der Waals surface area contributed by atoms with Crippen LogP contribution in [0, 0.1) is 17.5 Å². The van der Waals surface area contributed by atoms with Gasteiger partial charge < -0.3 is 14.0 Å². The summed E-state index contributed by atoms with van der Waals surface area (Å²) in [5.41, 5.74) is 11.8. The first-order valence-corrected chi connectivity index (χ1v) is 27.4. The van der Waals surface area contributed by atoms with Crippen LogP contribution in [0.2, 0.25) is 19.6 Å². The van der Waals surface area contributed by atoms with Gasteiger partial charge in [-0.2, -0.15) is 13.2 Å². The fraction of sp³-hybridized carbons (Fsp3) is 0.226. The number of furan rings is 1. The third kappa shape index (κ3) is 10.5. The molecule has 71 heavy (non-hydrogen) atoms. The van der Waals surface area contributed by atoms with E-state index < -0.39 is 26.0 Å². The van der Waals surface area contributed by atoms with Crippen LogP contribution in [0.5, 0.6) is 0 Å². The molecule has 0 atom stereocenters. The average Bonchev–Trinajstić information content (AvgIpc) is 3.94. The summed E-state index contributed by atoms with van der Waals surface area (Å²) in [7, 11) is -1.40. The predicted molar refractivity (Wildman–Crippen MR) is 287 cm³/mol. The van der Waals surface area contributed by atoms with E-state index in [0.717, 1.165) is 63.8 Å². The standard InChI is InChI=1S/C46H43N2OSi.C16H15F3N.Ir/c1-29(2)39-26-34(32-20-23-35(24-21-32)50(5,6)7)27-40(30(3)4)44(39)48-42-19-12-11-18-41(42)47-46(48)38-17-13-16-37-36-25-22-33(28-43(36)49-45(37)38)31-14-9-8-10-15-31;1-15(2,16(17,18)19)11-12-6-8-13(9-7-12)14-5-3-4-10-20-14;/h8-16,18-30H,1-7H3;3-8,10H,11H2,1-2H3;/q2*-1;/i;11D2;. The van der Waals surface area contributed by atoms with Crippen LogP contribution in [0.3, 0.4) is 0 Å². The van der Waals surface area contributed by atoms with E-state index in [-0.39, 0.29) is 37.5 Å². The molecule has 7 aromatic carbocycles. The molecule has 10 rings (SSSR count). The molecule has 0 saturated carbocycles. The fourth-order valence-electron chi connectivity index (χ4n) is 8.90. The number of pyridine rings is 1. The van der Waals surface area contributed by atoms with E-state index in [4.69, 9.17) is 12.1 Å². The minimum absolute atomic E-state index is 0. The molecule has 3 aromatic heterocycles. The topological polar surface area (TPSA) is 43.9 Å². The molecule has 0 unspecified atom stereocenters. The Bertz CT molecular complexity index is 3520. The van der Waals surface area contributed by atoms with Crippen molar-refractivity contribution in [1.29, 1.82) is 0 Å². The summed E-state index contributed by atoms with van der Waals surface area (Å²) in [5.74, 6) is 1.40. The number of hydrogen-bond acceptors (Lipinski definition) is 3. The van der Waals surface area contributed by atoms with Gasteiger partial charge in [0.15, 0.2) is 0 Å². The Morgan fingerprint density at radius 1 is 0.690 bits per heavy atom. The summed E-state index contributed by atoms with van der Waals surface area (Å²) >= 11 is 0. The number of halogens is 3. The van der Waals surface area contributed by atoms with Crippen molar-refractivity contribution < 1.29 is 40.4 Å². The molecule has 4 nitrogen and oxygen atoms in total. The molecule has 0 N–H and O–H groups in total. The van der Waals surface area contributed by atoms with Crippen molar-refractivity contribution in [1.82, 2.24) is 14.5 Å². The van der Waals surface area contributed by atoms with Crippen molar-refractivity contribution in [3.63, 3.8) is 0 Å². The van der Waals surface area contributed by atoms with Gasteiger partial charge in [-0.05, 0) is 93.7 Å². The second-order valence-electron chi connectivity index (χ2n) is 20.1. The second-order valence-corrected chi connectivity index (χ2v) is 25.2. The van der Waals surface area contributed by atoms with Crippen LogP contribution in [0.15, 0.2) is 168 Å². The van der Waals surface area contributed by atoms with Gasteiger partial charge in [0, 0.05) is 40.1 Å². The molecular formula is C62H58F3IrN3OSi-2. The Balaban J connectivity index is 0.000000260. The van der Waals surface area contributed by atoms with Crippen molar-refractivity contribution in [3.05, 3.63) is 193 Å². The maximum Gasteiger partial charge on any atom is 0.393 e. The molecule has 0 aliphatic carbocycles. The third-order valence-electron chi connectivity index (χ3n) is 13.0. The summed E-state index contributed by atoms with van der Waals surface area (Å²) < 4.78 is 64.3. The summed E-state index contributed by atoms with van der Waals surface area (Å²) in [4.78, 5) is 9.46. The normalized spacial score (nSPS) is 12.8. The van der Waals surface area contributed by atoms with E-state index in [0.29, 0.717) is 11.3 Å². The Kier molecular flexibility index (Phi) is 13.9. The van der Waals surface area contributed by atoms with Crippen LogP contribution in [0.4, 0.5) is 13.2 Å². The Morgan fingerprint density at radius 3 is 1.96 bits per heavy atom. The Labute approximate surface area is 433 Å². The predicted octanol–water partition coefficient (Wildman–Crippen LogP) is 17.2. The van der Waals surface area contributed by atoms with E-state index in [1.165, 1.54) is 56.9 Å². The first kappa shape index (κ1) is 48.3. The van der Waals surface area contributed by atoms with E-state index in [9.17, 15) is 13.2 Å². The number of aromatic nitrogens is 3. The van der Waals surface area contributed by atoms with Gasteiger partial charge in [0.25, 0.3) is 0 Å². The van der Waals surface area contributed by atoms with Gasteiger partial charge in [0.1, 0.15) is 5.58 Å². The molecule has 3 heterocycles. The first-order chi connectivity index (χ1) is 34.2. The molecule has 0 spiro atoms. The molecule has 0 bridgehead atoms. The number of rotatable bonds is 10. The first-order valence-electron chi connectivity index (χ1n) is 24.9. The minimum Gasteiger partial charge on any atom is -0.501 e. The molecule has 0 fully saturated rings. The van der Waals surface area contributed by atoms with Crippen molar-refractivity contribution in [2.24, 2.45) is 5.41 Å². The fourth-order valence-corrected chi connectivity index (χ4v) is 10.1. The third-order valence-corrected chi connectivity index (χ3v) is 15.0. The number of hydrogen-bond donors (Lipinski definition) is 0. The van der Waals surface area contributed by atoms with Gasteiger partial charge in [0.05, 0.1) is 35.9 Å². The summed E-state index contributed by atoms with van der Waals surface area (Å²) in [6, 6.07) is 59.5. The van der Waals surface area contributed by atoms with E-state index in [2.05, 4.69) is 178 Å². The van der Waals surface area contributed by atoms with Crippen molar-refractivity contribution in [3.8, 4) is 50.6 Å². The van der Waals surface area contributed by atoms with Crippen molar-refractivity contribution in [2.75, 3.05) is 0 Å². The van der Waals surface area contributed by atoms with Gasteiger partial charge in [-0.15, -0.1) is 53.6 Å². The Morgan fingerprint density at radius 2 is 1.34 bits per heavy atom. The van der Waals surface area contributed by atoms with Gasteiger partial charge in [-0.25, -0.2) is 0 Å². The second kappa shape index (κ2) is 20.4. The van der Waals surface area contributed by atoms with Crippen LogP contribution >= 0.6 is 0 Å². The summed E-state index contributed by atoms with van der Waals surface area (Å²) in [5, 5.41) is 3.64. The van der Waals surface area contributed by atoms with Gasteiger partial charge >= 0.3 is 6.18 Å². The van der Waals surface area contributed by atoms with Crippen LogP contribution in [0.1, 0.15) is 72.8 Å². The van der Waals surface area contributed by atoms with Gasteiger partial charge in [-0.3, -0.25) is 4.98 Å². The minimum atomic E-state index is -4.66. The van der Waals surface area contributed by atoms with E-state index >= 15 is 0 Å². The zero-order valence-corrected chi connectivity index (χ0v) is 44.9. The quantitative estimate of drug-likeness (QED) is 0.101. The zero-order chi connectivity index (χ0) is 51.3. The van der Waals surface area contributed by atoms with Gasteiger partial charge in [-0.1, -0.05) is 168 Å². The van der Waals surface area contributed by atoms with Crippen molar-refractivity contribution >= 4 is 46.2 Å². The summed E-state index contributed by atoms with van der Waals surface area (Å²) in [6.07, 6.45) is -5.62. The van der Waals surface area contributed by atoms with Crippen LogP contribution in [-0.4, -0.2) is 28.8 Å². The summed E-state index contributed by atoms with van der Waals surface area (Å²) in [6.45, 7) is 18.1. The molecule has 0 amide bonds. The number of benzene rings is 7. The largest absolute Gasteiger partial charge is 0.501 e. The molecular weight excluding hydrogens is 1080 g/mol. The monoisotopic (exact) mass is 1140 g/mol. The number of alkyl halides is 3. The Hall–Kier alpha value is -6.38. The maximum absolute atomic E-state index is 13.1. The molecule has 0 aliphatic heterocycles. The maximum atomic E-state index is 13.1. The molecule has 10 aromatic rings. The van der Waals surface area contributed by atoms with E-state index in [1.54, 1.807) is 24.4 Å². The average molecular weight is 1140 g/mol. The van der Waals surface area contributed by atoms with Gasteiger partial charge in [0.2, 0.25) is 0 Å². The van der Waals surface area contributed by atoms with E-state index in [1.807, 2.05) is 12.1 Å². The number of para-hydroxylation sites is 2. The molecule has 1 radical (unpaired) electrons. The molecule has 0 saturated heterocycles. The zero-order valence-electron chi connectivity index (χ0n) is 43.5. The number of imidazole rings is 1.